The number of para-hydroxylation sites is 1. The van der Waals surface area contributed by atoms with E-state index in [9.17, 15) is 4.79 Å². The number of hydrogen-bond donors (Lipinski definition) is 0. The van der Waals surface area contributed by atoms with Gasteiger partial charge in [0, 0.05) is 11.5 Å². The molecule has 3 heteroatoms. The van der Waals surface area contributed by atoms with Gasteiger partial charge in [-0.15, -0.1) is 0 Å². The maximum atomic E-state index is 11.0. The second-order valence-electron chi connectivity index (χ2n) is 6.32. The van der Waals surface area contributed by atoms with Crippen molar-refractivity contribution in [2.45, 2.75) is 51.7 Å². The molecule has 0 fully saturated rings. The van der Waals surface area contributed by atoms with Crippen LogP contribution in [0, 0.1) is 0 Å². The minimum Gasteiger partial charge on any atom is -0.543 e. The summed E-state index contributed by atoms with van der Waals surface area (Å²) in [5.74, 6) is 0.745. The lowest BCUT2D eigenvalue weighted by molar-refractivity contribution is -0.108. The Hall–Kier alpha value is -1.09. The second kappa shape index (κ2) is 5.27. The molecule has 1 aromatic rings. The molecule has 0 bridgehead atoms. The minimum absolute atomic E-state index is 0.119. The van der Waals surface area contributed by atoms with E-state index < -0.39 is 8.32 Å². The first-order valence-electron chi connectivity index (χ1n) is 6.42. The van der Waals surface area contributed by atoms with Crippen molar-refractivity contribution in [3.05, 3.63) is 29.8 Å². The predicted molar refractivity (Wildman–Crippen MR) is 78.7 cm³/mol. The summed E-state index contributed by atoms with van der Waals surface area (Å²) in [7, 11) is -1.85. The molecule has 0 N–H and O–H groups in total. The van der Waals surface area contributed by atoms with E-state index in [1.807, 2.05) is 31.2 Å². The van der Waals surface area contributed by atoms with Gasteiger partial charge in [0.15, 0.2) is 0 Å². The van der Waals surface area contributed by atoms with Gasteiger partial charge in [-0.2, -0.15) is 0 Å². The highest BCUT2D eigenvalue weighted by molar-refractivity contribution is 6.74. The Balaban J connectivity index is 3.09. The quantitative estimate of drug-likeness (QED) is 0.596. The van der Waals surface area contributed by atoms with Crippen LogP contribution in [-0.4, -0.2) is 14.6 Å². The van der Waals surface area contributed by atoms with Crippen LogP contribution in [0.1, 0.15) is 39.2 Å². The largest absolute Gasteiger partial charge is 0.543 e. The molecule has 0 radical (unpaired) electrons. The van der Waals surface area contributed by atoms with E-state index in [0.29, 0.717) is 0 Å². The summed E-state index contributed by atoms with van der Waals surface area (Å²) in [6, 6.07) is 7.86. The highest BCUT2D eigenvalue weighted by Gasteiger charge is 2.39. The van der Waals surface area contributed by atoms with Crippen LogP contribution in [0.5, 0.6) is 5.75 Å². The Bertz CT molecular complexity index is 419. The van der Waals surface area contributed by atoms with Crippen molar-refractivity contribution in [1.29, 1.82) is 0 Å². The molecule has 0 heterocycles. The van der Waals surface area contributed by atoms with Gasteiger partial charge in [-0.3, -0.25) is 0 Å². The number of carbonyl (C=O) groups is 1. The number of rotatable bonds is 4. The Morgan fingerprint density at radius 1 is 1.22 bits per heavy atom. The van der Waals surface area contributed by atoms with Gasteiger partial charge in [0.25, 0.3) is 0 Å². The third kappa shape index (κ3) is 3.22. The first kappa shape index (κ1) is 15.0. The van der Waals surface area contributed by atoms with Gasteiger partial charge in [0.1, 0.15) is 12.0 Å². The van der Waals surface area contributed by atoms with Crippen molar-refractivity contribution >= 4 is 14.6 Å². The van der Waals surface area contributed by atoms with Gasteiger partial charge in [-0.05, 0) is 24.2 Å². The van der Waals surface area contributed by atoms with Gasteiger partial charge in [0.2, 0.25) is 8.32 Å². The maximum absolute atomic E-state index is 11.0. The highest BCUT2D eigenvalue weighted by atomic mass is 28.4. The second-order valence-corrected chi connectivity index (χ2v) is 11.0. The highest BCUT2D eigenvalue weighted by Crippen LogP contribution is 2.39. The van der Waals surface area contributed by atoms with Gasteiger partial charge >= 0.3 is 0 Å². The summed E-state index contributed by atoms with van der Waals surface area (Å²) in [5, 5.41) is 0.157. The zero-order valence-corrected chi connectivity index (χ0v) is 13.3. The number of benzene rings is 1. The number of hydrogen-bond acceptors (Lipinski definition) is 2. The van der Waals surface area contributed by atoms with Crippen molar-refractivity contribution in [3.8, 4) is 5.75 Å². The van der Waals surface area contributed by atoms with E-state index in [2.05, 4.69) is 33.9 Å². The molecule has 0 spiro atoms. The lowest BCUT2D eigenvalue weighted by Gasteiger charge is -2.37. The van der Waals surface area contributed by atoms with Crippen molar-refractivity contribution in [1.82, 2.24) is 0 Å². The van der Waals surface area contributed by atoms with E-state index in [0.717, 1.165) is 17.6 Å². The zero-order chi connectivity index (χ0) is 14.0. The fourth-order valence-corrected chi connectivity index (χ4v) is 2.49. The minimum atomic E-state index is -1.85. The average molecular weight is 264 g/mol. The van der Waals surface area contributed by atoms with Gasteiger partial charge < -0.3 is 9.22 Å². The molecule has 18 heavy (non-hydrogen) atoms. The van der Waals surface area contributed by atoms with Gasteiger partial charge in [-0.1, -0.05) is 45.9 Å². The van der Waals surface area contributed by atoms with Crippen molar-refractivity contribution in [2.75, 3.05) is 0 Å². The average Bonchev–Trinajstić information content (AvgIpc) is 2.26. The predicted octanol–water partition coefficient (Wildman–Crippen LogP) is 4.37. The molecule has 100 valence electrons. The molecule has 1 atom stereocenters. The first-order valence-corrected chi connectivity index (χ1v) is 9.33. The van der Waals surface area contributed by atoms with Crippen LogP contribution >= 0.6 is 0 Å². The van der Waals surface area contributed by atoms with Crippen LogP contribution < -0.4 is 4.43 Å². The van der Waals surface area contributed by atoms with Crippen LogP contribution in [0.15, 0.2) is 24.3 Å². The third-order valence-corrected chi connectivity index (χ3v) is 8.13. The lowest BCUT2D eigenvalue weighted by Crippen LogP contribution is -2.44. The summed E-state index contributed by atoms with van der Waals surface area (Å²) < 4.78 is 6.30. The molecule has 0 aliphatic heterocycles. The molecule has 1 rings (SSSR count). The summed E-state index contributed by atoms with van der Waals surface area (Å²) in [6.07, 6.45) is 0.966. The monoisotopic (exact) mass is 264 g/mol. The zero-order valence-electron chi connectivity index (χ0n) is 12.3. The number of aldehydes is 1. The van der Waals surface area contributed by atoms with Crippen LogP contribution in [0.25, 0.3) is 0 Å². The Labute approximate surface area is 111 Å². The van der Waals surface area contributed by atoms with Crippen molar-refractivity contribution in [2.24, 2.45) is 0 Å². The van der Waals surface area contributed by atoms with E-state index in [1.165, 1.54) is 0 Å². The fourth-order valence-electron chi connectivity index (χ4n) is 1.45. The molecule has 0 amide bonds. The molecular weight excluding hydrogens is 240 g/mol. The van der Waals surface area contributed by atoms with Gasteiger partial charge in [-0.25, -0.2) is 0 Å². The Morgan fingerprint density at radius 3 is 2.28 bits per heavy atom. The maximum Gasteiger partial charge on any atom is 0.250 e. The topological polar surface area (TPSA) is 26.3 Å². The molecular formula is C15H24O2Si. The fraction of sp³-hybridized carbons (Fsp3) is 0.533. The third-order valence-electron chi connectivity index (χ3n) is 3.78. The lowest BCUT2D eigenvalue weighted by atomic mass is 10.0. The molecule has 0 aromatic heterocycles. The SMILES string of the molecule is CC(C=O)c1ccccc1O[Si](C)(C)C(C)(C)C. The summed E-state index contributed by atoms with van der Waals surface area (Å²) in [4.78, 5) is 11.0. The summed E-state index contributed by atoms with van der Waals surface area (Å²) in [5.41, 5.74) is 0.984. The van der Waals surface area contributed by atoms with Crippen molar-refractivity contribution in [3.63, 3.8) is 0 Å². The van der Waals surface area contributed by atoms with Gasteiger partial charge in [0.05, 0.1) is 0 Å². The molecule has 1 unspecified atom stereocenters. The van der Waals surface area contributed by atoms with Crippen LogP contribution in [0.3, 0.4) is 0 Å². The summed E-state index contributed by atoms with van der Waals surface area (Å²) >= 11 is 0. The smallest absolute Gasteiger partial charge is 0.250 e. The Morgan fingerprint density at radius 2 is 1.78 bits per heavy atom. The summed E-state index contributed by atoms with van der Waals surface area (Å²) in [6.45, 7) is 13.0. The molecule has 0 saturated carbocycles. The first-order chi connectivity index (χ1) is 8.19. The van der Waals surface area contributed by atoms with E-state index in [4.69, 9.17) is 4.43 Å². The number of carbonyl (C=O) groups excluding carboxylic acids is 1. The molecule has 0 aliphatic rings. The van der Waals surface area contributed by atoms with Crippen LogP contribution in [-0.2, 0) is 4.79 Å². The molecule has 2 nitrogen and oxygen atoms in total. The van der Waals surface area contributed by atoms with E-state index in [1.54, 1.807) is 0 Å². The molecule has 1 aromatic carbocycles. The van der Waals surface area contributed by atoms with E-state index in [-0.39, 0.29) is 11.0 Å². The Kier molecular flexibility index (Phi) is 4.38. The van der Waals surface area contributed by atoms with Crippen molar-refractivity contribution < 1.29 is 9.22 Å². The normalized spacial score (nSPS) is 14.1. The molecule has 0 aliphatic carbocycles. The van der Waals surface area contributed by atoms with Crippen LogP contribution in [0.4, 0.5) is 0 Å². The van der Waals surface area contributed by atoms with Crippen LogP contribution in [0.2, 0.25) is 18.1 Å². The molecule has 0 saturated heterocycles. The van der Waals surface area contributed by atoms with E-state index >= 15 is 0 Å². The standard InChI is InChI=1S/C15H24O2Si/c1-12(11-16)13-9-7-8-10-14(13)17-18(5,6)15(2,3)4/h7-12H,1-6H3.